The van der Waals surface area contributed by atoms with Gasteiger partial charge in [-0.15, -0.1) is 0 Å². The Morgan fingerprint density at radius 2 is 2.00 bits per heavy atom. The molecule has 0 bridgehead atoms. The van der Waals surface area contributed by atoms with Crippen LogP contribution in [0.15, 0.2) is 24.3 Å². The Balaban J connectivity index is 2.47. The van der Waals surface area contributed by atoms with Gasteiger partial charge >= 0.3 is 0 Å². The van der Waals surface area contributed by atoms with Gasteiger partial charge in [0.2, 0.25) is 0 Å². The Morgan fingerprint density at radius 1 is 1.38 bits per heavy atom. The molecule has 1 rings (SSSR count). The zero-order valence-corrected chi connectivity index (χ0v) is 7.95. The highest BCUT2D eigenvalue weighted by molar-refractivity contribution is 5.26. The van der Waals surface area contributed by atoms with Crippen LogP contribution in [0.2, 0.25) is 0 Å². The molecule has 2 nitrogen and oxygen atoms in total. The Hall–Kier alpha value is -1.49. The summed E-state index contributed by atoms with van der Waals surface area (Å²) in [6.07, 6.45) is 0. The van der Waals surface area contributed by atoms with Gasteiger partial charge < -0.3 is 9.58 Å². The van der Waals surface area contributed by atoms with Gasteiger partial charge in [0.25, 0.3) is 6.04 Å². The molecule has 0 saturated carbocycles. The molecule has 0 aliphatic rings. The van der Waals surface area contributed by atoms with E-state index in [1.807, 2.05) is 38.1 Å². The first kappa shape index (κ1) is 9.60. The highest BCUT2D eigenvalue weighted by Crippen LogP contribution is 2.11. The van der Waals surface area contributed by atoms with Crippen LogP contribution >= 0.6 is 0 Å². The lowest BCUT2D eigenvalue weighted by Gasteiger charge is -2.04. The molecule has 1 aromatic rings. The van der Waals surface area contributed by atoms with Crippen LogP contribution in [0.3, 0.4) is 0 Å². The predicted octanol–water partition coefficient (Wildman–Crippen LogP) is 2.68. The molecule has 0 radical (unpaired) electrons. The molecular weight excluding hydrogens is 162 g/mol. The smallest absolute Gasteiger partial charge is 0.254 e. The van der Waals surface area contributed by atoms with Crippen LogP contribution in [0.25, 0.3) is 4.85 Å². The molecule has 0 amide bonds. The monoisotopic (exact) mass is 175 g/mol. The second-order valence-electron chi connectivity index (χ2n) is 3.10. The van der Waals surface area contributed by atoms with Crippen molar-refractivity contribution in [2.24, 2.45) is 0 Å². The van der Waals surface area contributed by atoms with Gasteiger partial charge in [-0.3, -0.25) is 0 Å². The average molecular weight is 175 g/mol. The topological polar surface area (TPSA) is 13.6 Å². The number of nitrogens with zero attached hydrogens (tertiary/aromatic N) is 1. The number of rotatable bonds is 3. The van der Waals surface area contributed by atoms with Gasteiger partial charge in [0.15, 0.2) is 6.61 Å². The summed E-state index contributed by atoms with van der Waals surface area (Å²) in [5.41, 5.74) is 1.21. The van der Waals surface area contributed by atoms with Gasteiger partial charge in [0.1, 0.15) is 5.75 Å². The van der Waals surface area contributed by atoms with E-state index in [2.05, 4.69) is 4.85 Å². The van der Waals surface area contributed by atoms with E-state index in [-0.39, 0.29) is 6.04 Å². The van der Waals surface area contributed by atoms with Crippen molar-refractivity contribution in [1.29, 1.82) is 0 Å². The molecule has 1 aromatic carbocycles. The summed E-state index contributed by atoms with van der Waals surface area (Å²) in [6, 6.07) is 7.77. The lowest BCUT2D eigenvalue weighted by Crippen LogP contribution is -2.09. The largest absolute Gasteiger partial charge is 0.485 e. The summed E-state index contributed by atoms with van der Waals surface area (Å²) in [6.45, 7) is 11.1. The van der Waals surface area contributed by atoms with E-state index in [0.29, 0.717) is 6.61 Å². The van der Waals surface area contributed by atoms with Crippen molar-refractivity contribution in [3.63, 3.8) is 0 Å². The molecule has 0 fully saturated rings. The number of benzene rings is 1. The number of aryl methyl sites for hydroxylation is 1. The van der Waals surface area contributed by atoms with Crippen molar-refractivity contribution < 1.29 is 4.74 Å². The maximum Gasteiger partial charge on any atom is 0.254 e. The first-order valence-electron chi connectivity index (χ1n) is 4.28. The van der Waals surface area contributed by atoms with Crippen LogP contribution < -0.4 is 4.74 Å². The number of hydrogen-bond acceptors (Lipinski definition) is 1. The van der Waals surface area contributed by atoms with Crippen molar-refractivity contribution in [3.8, 4) is 5.75 Å². The third kappa shape index (κ3) is 3.16. The molecule has 0 N–H and O–H groups in total. The highest BCUT2D eigenvalue weighted by Gasteiger charge is 2.03. The molecule has 0 aliphatic heterocycles. The van der Waals surface area contributed by atoms with Crippen molar-refractivity contribution in [2.45, 2.75) is 19.9 Å². The standard InChI is InChI=1S/C11H13NO/c1-9-4-6-11(7-5-9)13-8-10(2)12-3/h4-7,10H,8H2,1-2H3. The quantitative estimate of drug-likeness (QED) is 0.644. The minimum Gasteiger partial charge on any atom is -0.485 e. The molecule has 0 aromatic heterocycles. The van der Waals surface area contributed by atoms with E-state index >= 15 is 0 Å². The van der Waals surface area contributed by atoms with Gasteiger partial charge in [0, 0.05) is 6.92 Å². The Morgan fingerprint density at radius 3 is 2.54 bits per heavy atom. The van der Waals surface area contributed by atoms with Gasteiger partial charge in [-0.25, -0.2) is 6.57 Å². The van der Waals surface area contributed by atoms with Crippen molar-refractivity contribution in [2.75, 3.05) is 6.61 Å². The second-order valence-corrected chi connectivity index (χ2v) is 3.10. The normalized spacial score (nSPS) is 11.8. The molecule has 0 saturated heterocycles. The van der Waals surface area contributed by atoms with Crippen molar-refractivity contribution >= 4 is 0 Å². The van der Waals surface area contributed by atoms with Crippen LogP contribution in [0.4, 0.5) is 0 Å². The molecule has 0 heterocycles. The third-order valence-electron chi connectivity index (χ3n) is 1.73. The van der Waals surface area contributed by atoms with Gasteiger partial charge in [-0.05, 0) is 19.1 Å². The molecule has 1 unspecified atom stereocenters. The zero-order valence-electron chi connectivity index (χ0n) is 7.95. The number of ether oxygens (including phenoxy) is 1. The lowest BCUT2D eigenvalue weighted by molar-refractivity contribution is 0.310. The van der Waals surface area contributed by atoms with E-state index in [1.54, 1.807) is 0 Å². The zero-order chi connectivity index (χ0) is 9.68. The van der Waals surface area contributed by atoms with Crippen molar-refractivity contribution in [1.82, 2.24) is 0 Å². The molecule has 0 aliphatic carbocycles. The van der Waals surface area contributed by atoms with Gasteiger partial charge in [-0.1, -0.05) is 17.7 Å². The van der Waals surface area contributed by atoms with E-state index in [9.17, 15) is 0 Å². The molecule has 0 spiro atoms. The minimum atomic E-state index is -0.0682. The lowest BCUT2D eigenvalue weighted by atomic mass is 10.2. The maximum atomic E-state index is 6.75. The molecule has 68 valence electrons. The van der Waals surface area contributed by atoms with Crippen LogP contribution in [0.1, 0.15) is 12.5 Å². The minimum absolute atomic E-state index is 0.0682. The molecular formula is C11H13NO. The fourth-order valence-electron chi connectivity index (χ4n) is 0.889. The van der Waals surface area contributed by atoms with E-state index in [4.69, 9.17) is 11.3 Å². The summed E-state index contributed by atoms with van der Waals surface area (Å²) in [4.78, 5) is 3.35. The molecule has 2 heteroatoms. The molecule has 13 heavy (non-hydrogen) atoms. The second kappa shape index (κ2) is 4.51. The highest BCUT2D eigenvalue weighted by atomic mass is 16.5. The third-order valence-corrected chi connectivity index (χ3v) is 1.73. The van der Waals surface area contributed by atoms with Crippen LogP contribution in [-0.2, 0) is 0 Å². The SMILES string of the molecule is [C-]#[N+]C(C)COc1ccc(C)cc1. The fourth-order valence-corrected chi connectivity index (χ4v) is 0.889. The summed E-state index contributed by atoms with van der Waals surface area (Å²) < 4.78 is 5.40. The van der Waals surface area contributed by atoms with Gasteiger partial charge in [0.05, 0.1) is 0 Å². The van der Waals surface area contributed by atoms with Crippen LogP contribution in [-0.4, -0.2) is 12.6 Å². The Kier molecular flexibility index (Phi) is 3.33. The maximum absolute atomic E-state index is 6.75. The van der Waals surface area contributed by atoms with E-state index in [0.717, 1.165) is 5.75 Å². The summed E-state index contributed by atoms with van der Waals surface area (Å²) >= 11 is 0. The predicted molar refractivity (Wildman–Crippen MR) is 52.7 cm³/mol. The van der Waals surface area contributed by atoms with Crippen LogP contribution in [0.5, 0.6) is 5.75 Å². The van der Waals surface area contributed by atoms with Crippen LogP contribution in [0, 0.1) is 13.5 Å². The Bertz CT molecular complexity index is 297. The first-order valence-corrected chi connectivity index (χ1v) is 4.28. The molecule has 1 atom stereocenters. The summed E-state index contributed by atoms with van der Waals surface area (Å²) in [5.74, 6) is 0.834. The number of hydrogen-bond donors (Lipinski definition) is 0. The van der Waals surface area contributed by atoms with E-state index < -0.39 is 0 Å². The van der Waals surface area contributed by atoms with E-state index in [1.165, 1.54) is 5.56 Å². The van der Waals surface area contributed by atoms with Gasteiger partial charge in [-0.2, -0.15) is 0 Å². The first-order chi connectivity index (χ1) is 6.22. The summed E-state index contributed by atoms with van der Waals surface area (Å²) in [7, 11) is 0. The summed E-state index contributed by atoms with van der Waals surface area (Å²) in [5, 5.41) is 0. The fraction of sp³-hybridized carbons (Fsp3) is 0.364. The average Bonchev–Trinajstić information content (AvgIpc) is 2.16. The van der Waals surface area contributed by atoms with Crippen molar-refractivity contribution in [3.05, 3.63) is 41.2 Å². The Labute approximate surface area is 79.0 Å².